The summed E-state index contributed by atoms with van der Waals surface area (Å²) in [5.41, 5.74) is 8.98. The van der Waals surface area contributed by atoms with Gasteiger partial charge in [-0.2, -0.15) is 10.1 Å². The van der Waals surface area contributed by atoms with Crippen LogP contribution in [0.2, 0.25) is 0 Å². The molecule has 3 aromatic heterocycles. The lowest BCUT2D eigenvalue weighted by Crippen LogP contribution is -2.31. The molecule has 0 aliphatic carbocycles. The number of hydrogen-bond donors (Lipinski definition) is 1. The van der Waals surface area contributed by atoms with Crippen LogP contribution in [0.25, 0.3) is 22.7 Å². The Kier molecular flexibility index (Phi) is 4.62. The van der Waals surface area contributed by atoms with Crippen molar-refractivity contribution in [1.29, 1.82) is 0 Å². The molecule has 0 aliphatic rings. The molecule has 0 aliphatic heterocycles. The molecule has 0 fully saturated rings. The van der Waals surface area contributed by atoms with Crippen molar-refractivity contribution < 1.29 is 4.52 Å². The van der Waals surface area contributed by atoms with Crippen molar-refractivity contribution in [3.63, 3.8) is 0 Å². The monoisotopic (exact) mass is 389 g/mol. The highest BCUT2D eigenvalue weighted by Crippen LogP contribution is 2.38. The van der Waals surface area contributed by atoms with Gasteiger partial charge in [-0.25, -0.2) is 9.97 Å². The Morgan fingerprint density at radius 1 is 1.03 bits per heavy atom. The van der Waals surface area contributed by atoms with Crippen molar-refractivity contribution in [2.45, 2.75) is 26.2 Å². The Morgan fingerprint density at radius 3 is 2.31 bits per heavy atom. The van der Waals surface area contributed by atoms with Gasteiger partial charge in [0.25, 0.3) is 5.89 Å². The second-order valence-corrected chi connectivity index (χ2v) is 7.53. The van der Waals surface area contributed by atoms with E-state index in [9.17, 15) is 0 Å². The molecule has 148 valence electrons. The van der Waals surface area contributed by atoms with Crippen molar-refractivity contribution in [3.8, 4) is 22.7 Å². The number of nitrogen functional groups attached to an aromatic ring is 1. The number of hydrogen-bond acceptors (Lipinski definition) is 7. The number of nitrogens with zero attached hydrogens (tertiary/aromatic N) is 6. The minimum atomic E-state index is -0.420. The molecule has 0 radical (unpaired) electrons. The minimum Gasteiger partial charge on any atom is -0.368 e. The van der Waals surface area contributed by atoms with Crippen LogP contribution in [0.15, 0.2) is 53.4 Å². The Hall–Kier alpha value is -3.55. The summed E-state index contributed by atoms with van der Waals surface area (Å²) < 4.78 is 7.28. The van der Waals surface area contributed by atoms with Crippen LogP contribution < -0.4 is 5.73 Å². The molecule has 0 saturated heterocycles. The summed E-state index contributed by atoms with van der Waals surface area (Å²) in [7, 11) is 1.85. The Labute approximate surface area is 168 Å². The lowest BCUT2D eigenvalue weighted by Gasteiger charge is -2.31. The number of anilines is 1. The minimum absolute atomic E-state index is 0.241. The fourth-order valence-electron chi connectivity index (χ4n) is 3.34. The molecule has 2 N–H and O–H groups in total. The maximum absolute atomic E-state index is 5.58. The molecule has 8 heteroatoms. The van der Waals surface area contributed by atoms with Crippen LogP contribution in [0.1, 0.15) is 32.2 Å². The van der Waals surface area contributed by atoms with E-state index in [1.54, 1.807) is 23.3 Å². The van der Waals surface area contributed by atoms with E-state index >= 15 is 0 Å². The topological polar surface area (TPSA) is 109 Å². The smallest absolute Gasteiger partial charge is 0.276 e. The molecule has 0 saturated carbocycles. The lowest BCUT2D eigenvalue weighted by atomic mass is 9.72. The van der Waals surface area contributed by atoms with E-state index in [1.165, 1.54) is 0 Å². The van der Waals surface area contributed by atoms with Gasteiger partial charge in [-0.15, -0.1) is 0 Å². The van der Waals surface area contributed by atoms with Crippen LogP contribution in [0.4, 0.5) is 5.95 Å². The standard InChI is InChI=1S/C21H23N7O/c1-13(2)21(3,19-26-18(29-27-19)17-9-10-25-28(17)4)16-7-5-14(6-8-16)15-11-23-20(22)24-12-15/h5-13H,1-4H3,(H2,22,23,24)/t21-/m0/s1. The Morgan fingerprint density at radius 2 is 1.72 bits per heavy atom. The van der Waals surface area contributed by atoms with Crippen molar-refractivity contribution in [2.24, 2.45) is 13.0 Å². The fourth-order valence-corrected chi connectivity index (χ4v) is 3.34. The summed E-state index contributed by atoms with van der Waals surface area (Å²) in [6, 6.07) is 10.1. The van der Waals surface area contributed by atoms with Crippen LogP contribution in [-0.4, -0.2) is 29.9 Å². The van der Waals surface area contributed by atoms with E-state index < -0.39 is 5.41 Å². The zero-order chi connectivity index (χ0) is 20.6. The first-order valence-electron chi connectivity index (χ1n) is 9.40. The summed E-state index contributed by atoms with van der Waals surface area (Å²) in [5.74, 6) is 1.61. The van der Waals surface area contributed by atoms with E-state index in [0.717, 1.165) is 22.4 Å². The van der Waals surface area contributed by atoms with Gasteiger partial charge in [0.1, 0.15) is 5.69 Å². The second kappa shape index (κ2) is 7.12. The van der Waals surface area contributed by atoms with Gasteiger partial charge in [0, 0.05) is 31.2 Å². The van der Waals surface area contributed by atoms with E-state index in [-0.39, 0.29) is 11.9 Å². The first kappa shape index (κ1) is 18.8. The molecule has 3 heterocycles. The predicted octanol–water partition coefficient (Wildman–Crippen LogP) is 3.47. The van der Waals surface area contributed by atoms with Gasteiger partial charge >= 0.3 is 0 Å². The molecule has 1 atom stereocenters. The summed E-state index contributed by atoms with van der Waals surface area (Å²) in [4.78, 5) is 12.8. The van der Waals surface area contributed by atoms with Crippen LogP contribution in [-0.2, 0) is 12.5 Å². The summed E-state index contributed by atoms with van der Waals surface area (Å²) in [5, 5.41) is 8.48. The molecule has 1 aromatic carbocycles. The SMILES string of the molecule is CC(C)[C@@](C)(c1ccc(-c2cnc(N)nc2)cc1)c1noc(-c2ccnn2C)n1. The maximum atomic E-state index is 5.58. The number of nitrogens with two attached hydrogens (primary N) is 1. The molecule has 8 nitrogen and oxygen atoms in total. The molecular formula is C21H23N7O. The van der Waals surface area contributed by atoms with E-state index in [4.69, 9.17) is 15.2 Å². The van der Waals surface area contributed by atoms with E-state index in [2.05, 4.69) is 53.1 Å². The number of benzene rings is 1. The predicted molar refractivity (Wildman–Crippen MR) is 110 cm³/mol. The van der Waals surface area contributed by atoms with Gasteiger partial charge in [-0.05, 0) is 30.0 Å². The van der Waals surface area contributed by atoms with Crippen LogP contribution in [0, 0.1) is 5.92 Å². The highest BCUT2D eigenvalue weighted by Gasteiger charge is 2.37. The molecule has 0 spiro atoms. The molecule has 29 heavy (non-hydrogen) atoms. The third-order valence-corrected chi connectivity index (χ3v) is 5.57. The highest BCUT2D eigenvalue weighted by molar-refractivity contribution is 5.62. The number of rotatable bonds is 5. The first-order valence-corrected chi connectivity index (χ1v) is 9.40. The summed E-state index contributed by atoms with van der Waals surface area (Å²) in [6.07, 6.45) is 5.15. The van der Waals surface area contributed by atoms with Crippen molar-refractivity contribution in [2.75, 3.05) is 5.73 Å². The maximum Gasteiger partial charge on any atom is 0.276 e. The fraction of sp³-hybridized carbons (Fsp3) is 0.286. The zero-order valence-corrected chi connectivity index (χ0v) is 16.9. The average Bonchev–Trinajstić information content (AvgIpc) is 3.37. The zero-order valence-electron chi connectivity index (χ0n) is 16.9. The Bertz CT molecular complexity index is 1110. The largest absolute Gasteiger partial charge is 0.368 e. The van der Waals surface area contributed by atoms with Gasteiger partial charge in [0.15, 0.2) is 5.82 Å². The number of aryl methyl sites for hydroxylation is 1. The third-order valence-electron chi connectivity index (χ3n) is 5.57. The van der Waals surface area contributed by atoms with Gasteiger partial charge in [0.2, 0.25) is 5.95 Å². The first-order chi connectivity index (χ1) is 13.9. The molecule has 4 aromatic rings. The van der Waals surface area contributed by atoms with Gasteiger partial charge in [-0.1, -0.05) is 43.3 Å². The van der Waals surface area contributed by atoms with Crippen LogP contribution in [0.5, 0.6) is 0 Å². The average molecular weight is 389 g/mol. The van der Waals surface area contributed by atoms with Crippen molar-refractivity contribution >= 4 is 5.95 Å². The summed E-state index contributed by atoms with van der Waals surface area (Å²) >= 11 is 0. The van der Waals surface area contributed by atoms with Crippen molar-refractivity contribution in [3.05, 3.63) is 60.3 Å². The Balaban J connectivity index is 1.71. The molecule has 4 rings (SSSR count). The van der Waals surface area contributed by atoms with Crippen LogP contribution in [0.3, 0.4) is 0 Å². The highest BCUT2D eigenvalue weighted by atomic mass is 16.5. The molecular weight excluding hydrogens is 366 g/mol. The van der Waals surface area contributed by atoms with E-state index in [0.29, 0.717) is 11.7 Å². The van der Waals surface area contributed by atoms with Gasteiger partial charge < -0.3 is 10.3 Å². The summed E-state index contributed by atoms with van der Waals surface area (Å²) in [6.45, 7) is 6.44. The molecule has 0 unspecified atom stereocenters. The van der Waals surface area contributed by atoms with Gasteiger partial charge in [-0.3, -0.25) is 4.68 Å². The van der Waals surface area contributed by atoms with Crippen LogP contribution >= 0.6 is 0 Å². The molecule has 0 bridgehead atoms. The number of aromatic nitrogens is 6. The third kappa shape index (κ3) is 3.26. The van der Waals surface area contributed by atoms with Crippen molar-refractivity contribution in [1.82, 2.24) is 29.9 Å². The second-order valence-electron chi connectivity index (χ2n) is 7.53. The van der Waals surface area contributed by atoms with Gasteiger partial charge in [0.05, 0.1) is 5.41 Å². The van der Waals surface area contributed by atoms with E-state index in [1.807, 2.05) is 25.2 Å². The normalized spacial score (nSPS) is 13.6. The quantitative estimate of drug-likeness (QED) is 0.556. The lowest BCUT2D eigenvalue weighted by molar-refractivity contribution is 0.350. The molecule has 0 amide bonds.